The van der Waals surface area contributed by atoms with E-state index in [0.717, 1.165) is 10.9 Å². The SMILES string of the molecule is CCc1cc(=O)oc2cc(OC(=O)c3ccc(Cl)cc3)ccc12. The van der Waals surface area contributed by atoms with E-state index in [1.165, 1.54) is 6.07 Å². The zero-order valence-corrected chi connectivity index (χ0v) is 13.1. The van der Waals surface area contributed by atoms with Gasteiger partial charge in [-0.05, 0) is 48.4 Å². The summed E-state index contributed by atoms with van der Waals surface area (Å²) in [5, 5.41) is 1.37. The van der Waals surface area contributed by atoms with Crippen molar-refractivity contribution in [1.29, 1.82) is 0 Å². The molecule has 5 heteroatoms. The van der Waals surface area contributed by atoms with Crippen molar-refractivity contribution in [3.05, 3.63) is 75.1 Å². The molecule has 0 aliphatic carbocycles. The molecule has 23 heavy (non-hydrogen) atoms. The molecule has 0 amide bonds. The summed E-state index contributed by atoms with van der Waals surface area (Å²) in [6.45, 7) is 1.96. The van der Waals surface area contributed by atoms with Crippen LogP contribution in [0.5, 0.6) is 5.75 Å². The summed E-state index contributed by atoms with van der Waals surface area (Å²) in [4.78, 5) is 23.7. The first-order valence-corrected chi connectivity index (χ1v) is 7.49. The predicted molar refractivity (Wildman–Crippen MR) is 88.3 cm³/mol. The average Bonchev–Trinajstić information content (AvgIpc) is 2.54. The van der Waals surface area contributed by atoms with Crippen LogP contribution in [0.2, 0.25) is 5.02 Å². The molecular weight excluding hydrogens is 316 g/mol. The van der Waals surface area contributed by atoms with Gasteiger partial charge < -0.3 is 9.15 Å². The fourth-order valence-corrected chi connectivity index (χ4v) is 2.44. The Labute approximate surface area is 137 Å². The van der Waals surface area contributed by atoms with Gasteiger partial charge in [0.05, 0.1) is 5.56 Å². The molecule has 4 nitrogen and oxygen atoms in total. The van der Waals surface area contributed by atoms with Crippen LogP contribution < -0.4 is 10.4 Å². The van der Waals surface area contributed by atoms with Crippen molar-refractivity contribution in [2.24, 2.45) is 0 Å². The number of halogens is 1. The van der Waals surface area contributed by atoms with Crippen molar-refractivity contribution in [3.8, 4) is 5.75 Å². The summed E-state index contributed by atoms with van der Waals surface area (Å²) in [6, 6.07) is 12.9. The van der Waals surface area contributed by atoms with Crippen molar-refractivity contribution in [3.63, 3.8) is 0 Å². The maximum Gasteiger partial charge on any atom is 0.343 e. The van der Waals surface area contributed by atoms with Gasteiger partial charge >= 0.3 is 11.6 Å². The molecule has 0 aliphatic heterocycles. The summed E-state index contributed by atoms with van der Waals surface area (Å²) >= 11 is 5.79. The number of aryl methyl sites for hydroxylation is 1. The summed E-state index contributed by atoms with van der Waals surface area (Å²) in [5.74, 6) is -0.191. The second-order valence-corrected chi connectivity index (χ2v) is 5.44. The normalized spacial score (nSPS) is 10.7. The van der Waals surface area contributed by atoms with Gasteiger partial charge in [0, 0.05) is 22.5 Å². The Balaban J connectivity index is 1.93. The van der Waals surface area contributed by atoms with Crippen molar-refractivity contribution < 1.29 is 13.9 Å². The molecule has 0 fully saturated rings. The first-order valence-electron chi connectivity index (χ1n) is 7.11. The van der Waals surface area contributed by atoms with E-state index in [1.807, 2.05) is 6.92 Å². The smallest absolute Gasteiger partial charge is 0.343 e. The summed E-state index contributed by atoms with van der Waals surface area (Å²) in [6.07, 6.45) is 0.714. The first kappa shape index (κ1) is 15.3. The minimum atomic E-state index is -0.505. The number of hydrogen-bond acceptors (Lipinski definition) is 4. The quantitative estimate of drug-likeness (QED) is 0.410. The highest BCUT2D eigenvalue weighted by atomic mass is 35.5. The van der Waals surface area contributed by atoms with Gasteiger partial charge in [-0.3, -0.25) is 0 Å². The van der Waals surface area contributed by atoms with E-state index < -0.39 is 11.6 Å². The van der Waals surface area contributed by atoms with Crippen molar-refractivity contribution >= 4 is 28.5 Å². The van der Waals surface area contributed by atoms with Gasteiger partial charge in [0.1, 0.15) is 11.3 Å². The molecule has 0 spiro atoms. The van der Waals surface area contributed by atoms with E-state index in [4.69, 9.17) is 20.8 Å². The average molecular weight is 329 g/mol. The third-order valence-corrected chi connectivity index (χ3v) is 3.73. The fraction of sp³-hybridized carbons (Fsp3) is 0.111. The lowest BCUT2D eigenvalue weighted by Gasteiger charge is -2.07. The maximum atomic E-state index is 12.1. The van der Waals surface area contributed by atoms with Gasteiger partial charge in [-0.15, -0.1) is 0 Å². The molecule has 0 aliphatic rings. The zero-order chi connectivity index (χ0) is 16.4. The second-order valence-electron chi connectivity index (χ2n) is 5.00. The lowest BCUT2D eigenvalue weighted by atomic mass is 10.1. The Kier molecular flexibility index (Phi) is 4.17. The van der Waals surface area contributed by atoms with Gasteiger partial charge in [0.25, 0.3) is 0 Å². The molecule has 0 unspecified atom stereocenters. The molecule has 0 saturated carbocycles. The molecule has 0 radical (unpaired) electrons. The van der Waals surface area contributed by atoms with Crippen LogP contribution in [0.25, 0.3) is 11.0 Å². The molecule has 0 bridgehead atoms. The lowest BCUT2D eigenvalue weighted by molar-refractivity contribution is 0.0735. The van der Waals surface area contributed by atoms with Crippen LogP contribution in [0.4, 0.5) is 0 Å². The van der Waals surface area contributed by atoms with Crippen molar-refractivity contribution in [2.75, 3.05) is 0 Å². The number of ether oxygens (including phenoxy) is 1. The molecule has 3 aromatic rings. The maximum absolute atomic E-state index is 12.1. The molecule has 3 rings (SSSR count). The van der Waals surface area contributed by atoms with Crippen molar-refractivity contribution in [2.45, 2.75) is 13.3 Å². The Morgan fingerprint density at radius 3 is 2.57 bits per heavy atom. The third kappa shape index (κ3) is 3.27. The summed E-state index contributed by atoms with van der Waals surface area (Å²) in [7, 11) is 0. The zero-order valence-electron chi connectivity index (χ0n) is 12.3. The first-order chi connectivity index (χ1) is 11.1. The van der Waals surface area contributed by atoms with Gasteiger partial charge in [0.15, 0.2) is 0 Å². The van der Waals surface area contributed by atoms with Gasteiger partial charge in [0.2, 0.25) is 0 Å². The molecule has 116 valence electrons. The minimum Gasteiger partial charge on any atom is -0.423 e. The Morgan fingerprint density at radius 1 is 1.13 bits per heavy atom. The van der Waals surface area contributed by atoms with E-state index in [0.29, 0.717) is 28.3 Å². The molecule has 0 atom stereocenters. The van der Waals surface area contributed by atoms with Crippen molar-refractivity contribution in [1.82, 2.24) is 0 Å². The Morgan fingerprint density at radius 2 is 1.87 bits per heavy atom. The lowest BCUT2D eigenvalue weighted by Crippen LogP contribution is -2.08. The molecule has 1 aromatic heterocycles. The largest absolute Gasteiger partial charge is 0.423 e. The van der Waals surface area contributed by atoms with E-state index in [9.17, 15) is 9.59 Å². The van der Waals surface area contributed by atoms with Gasteiger partial charge in [-0.2, -0.15) is 0 Å². The number of carbonyl (C=O) groups excluding carboxylic acids is 1. The van der Waals surface area contributed by atoms with Gasteiger partial charge in [-0.25, -0.2) is 9.59 Å². The molecule has 0 saturated heterocycles. The van der Waals surface area contributed by atoms with Crippen LogP contribution in [0.1, 0.15) is 22.8 Å². The number of hydrogen-bond donors (Lipinski definition) is 0. The van der Waals surface area contributed by atoms with Crippen LogP contribution >= 0.6 is 11.6 Å². The molecule has 2 aromatic carbocycles. The number of carbonyl (C=O) groups is 1. The van der Waals surface area contributed by atoms with E-state index in [-0.39, 0.29) is 0 Å². The minimum absolute atomic E-state index is 0.314. The monoisotopic (exact) mass is 328 g/mol. The van der Waals surface area contributed by atoms with Crippen LogP contribution in [-0.4, -0.2) is 5.97 Å². The summed E-state index contributed by atoms with van der Waals surface area (Å²) < 4.78 is 10.5. The highest BCUT2D eigenvalue weighted by Crippen LogP contribution is 2.24. The fourth-order valence-electron chi connectivity index (χ4n) is 2.32. The van der Waals surface area contributed by atoms with Crippen LogP contribution in [0.15, 0.2) is 57.7 Å². The Hall–Kier alpha value is -2.59. The highest BCUT2D eigenvalue weighted by molar-refractivity contribution is 6.30. The van der Waals surface area contributed by atoms with E-state index >= 15 is 0 Å². The number of benzene rings is 2. The van der Waals surface area contributed by atoms with Crippen LogP contribution in [0.3, 0.4) is 0 Å². The number of esters is 1. The van der Waals surface area contributed by atoms with Crippen LogP contribution in [0, 0.1) is 0 Å². The predicted octanol–water partition coefficient (Wildman–Crippen LogP) is 4.23. The third-order valence-electron chi connectivity index (χ3n) is 3.47. The standard InChI is InChI=1S/C18H13ClO4/c1-2-11-9-17(20)23-16-10-14(7-8-15(11)16)22-18(21)12-3-5-13(19)6-4-12/h3-10H,2H2,1H3. The molecular formula is C18H13ClO4. The van der Waals surface area contributed by atoms with Crippen LogP contribution in [-0.2, 0) is 6.42 Å². The second kappa shape index (κ2) is 6.26. The molecule has 1 heterocycles. The van der Waals surface area contributed by atoms with E-state index in [2.05, 4.69) is 0 Å². The highest BCUT2D eigenvalue weighted by Gasteiger charge is 2.11. The number of fused-ring (bicyclic) bond motifs is 1. The van der Waals surface area contributed by atoms with E-state index in [1.54, 1.807) is 42.5 Å². The topological polar surface area (TPSA) is 56.5 Å². The summed E-state index contributed by atoms with van der Waals surface area (Å²) in [5.41, 5.74) is 1.26. The number of rotatable bonds is 3. The van der Waals surface area contributed by atoms with Gasteiger partial charge in [-0.1, -0.05) is 18.5 Å². The molecule has 0 N–H and O–H groups in total. The Bertz CT molecular complexity index is 926.